The molecule has 7 nitrogen and oxygen atoms in total. The molecule has 2 bridgehead atoms. The first-order valence-corrected chi connectivity index (χ1v) is 9.24. The number of hydrogen-bond acceptors (Lipinski definition) is 5. The fourth-order valence-electron chi connectivity index (χ4n) is 4.22. The van der Waals surface area contributed by atoms with E-state index in [1.165, 1.54) is 12.3 Å². The van der Waals surface area contributed by atoms with E-state index in [0.717, 1.165) is 39.0 Å². The fraction of sp³-hybridized carbons (Fsp3) is 0.474. The molecule has 1 aromatic carbocycles. The van der Waals surface area contributed by atoms with E-state index in [1.807, 2.05) is 6.92 Å². The van der Waals surface area contributed by atoms with Gasteiger partial charge in [0.2, 0.25) is 5.43 Å². The number of hydrogen-bond donors (Lipinski definition) is 1. The summed E-state index contributed by atoms with van der Waals surface area (Å²) in [7, 11) is 0. The molecule has 1 aromatic heterocycles. The summed E-state index contributed by atoms with van der Waals surface area (Å²) < 4.78 is 21.3. The first kappa shape index (κ1) is 17.8. The molecule has 0 saturated carbocycles. The van der Waals surface area contributed by atoms with Crippen molar-refractivity contribution in [2.75, 3.05) is 31.1 Å². The monoisotopic (exact) mass is 375 g/mol. The molecular weight excluding hydrogens is 353 g/mol. The summed E-state index contributed by atoms with van der Waals surface area (Å²) in [5.74, 6) is -0.778. The number of aryl methyl sites for hydroxylation is 1. The molecule has 0 unspecified atom stereocenters. The maximum atomic E-state index is 15.0. The highest BCUT2D eigenvalue weighted by atomic mass is 19.1. The van der Waals surface area contributed by atoms with Gasteiger partial charge in [-0.25, -0.2) is 9.18 Å². The summed E-state index contributed by atoms with van der Waals surface area (Å²) >= 11 is 0. The Morgan fingerprint density at radius 2 is 2.00 bits per heavy atom. The molecule has 4 heterocycles. The van der Waals surface area contributed by atoms with Crippen LogP contribution in [0, 0.1) is 5.82 Å². The third-order valence-corrected chi connectivity index (χ3v) is 5.62. The summed E-state index contributed by atoms with van der Waals surface area (Å²) in [5, 5.41) is 8.95. The van der Waals surface area contributed by atoms with Crippen LogP contribution in [0.2, 0.25) is 0 Å². The number of nitrogens with zero attached hydrogens (tertiary/aromatic N) is 3. The Morgan fingerprint density at radius 1 is 1.26 bits per heavy atom. The van der Waals surface area contributed by atoms with Crippen molar-refractivity contribution >= 4 is 22.7 Å². The van der Waals surface area contributed by atoms with Gasteiger partial charge in [-0.3, -0.25) is 4.79 Å². The van der Waals surface area contributed by atoms with Crippen molar-refractivity contribution in [2.24, 2.45) is 0 Å². The van der Waals surface area contributed by atoms with E-state index in [-0.39, 0.29) is 11.1 Å². The minimum atomic E-state index is -1.57. The van der Waals surface area contributed by atoms with Gasteiger partial charge in [0, 0.05) is 38.8 Å². The van der Waals surface area contributed by atoms with Gasteiger partial charge in [-0.15, -0.1) is 0 Å². The molecule has 3 aliphatic heterocycles. The molecule has 27 heavy (non-hydrogen) atoms. The van der Waals surface area contributed by atoms with Crippen molar-refractivity contribution in [1.29, 1.82) is 0 Å². The van der Waals surface area contributed by atoms with Crippen LogP contribution in [-0.4, -0.2) is 52.9 Å². The van der Waals surface area contributed by atoms with E-state index >= 15 is 4.39 Å². The quantitative estimate of drug-likeness (QED) is 0.831. The fourth-order valence-corrected chi connectivity index (χ4v) is 4.22. The number of pyridine rings is 1. The molecule has 5 rings (SSSR count). The Bertz CT molecular complexity index is 950. The van der Waals surface area contributed by atoms with Gasteiger partial charge in [-0.05, 0) is 31.9 Å². The minimum Gasteiger partial charge on any atom is -0.449 e. The number of aromatic nitrogens is 1. The van der Waals surface area contributed by atoms with Gasteiger partial charge in [-0.2, -0.15) is 0 Å². The van der Waals surface area contributed by atoms with Crippen LogP contribution in [0.5, 0.6) is 5.75 Å². The summed E-state index contributed by atoms with van der Waals surface area (Å²) in [5.41, 5.74) is 0.464. The van der Waals surface area contributed by atoms with Crippen LogP contribution in [0.15, 0.2) is 23.1 Å². The van der Waals surface area contributed by atoms with Crippen LogP contribution >= 0.6 is 0 Å². The van der Waals surface area contributed by atoms with Crippen LogP contribution in [0.25, 0.3) is 10.9 Å². The molecule has 0 radical (unpaired) electrons. The van der Waals surface area contributed by atoms with Gasteiger partial charge in [0.25, 0.3) is 0 Å². The highest BCUT2D eigenvalue weighted by Gasteiger charge is 2.31. The van der Waals surface area contributed by atoms with Crippen LogP contribution in [-0.2, 0) is 6.54 Å². The smallest absolute Gasteiger partial charge is 0.449 e. The average molecular weight is 375 g/mol. The molecule has 3 fully saturated rings. The second-order valence-electron chi connectivity index (χ2n) is 7.06. The molecule has 8 heteroatoms. The maximum absolute atomic E-state index is 15.0. The van der Waals surface area contributed by atoms with E-state index in [4.69, 9.17) is 5.11 Å². The molecule has 2 aromatic rings. The van der Waals surface area contributed by atoms with Crippen molar-refractivity contribution in [1.82, 2.24) is 9.47 Å². The Kier molecular flexibility index (Phi) is 4.51. The van der Waals surface area contributed by atoms with Crippen molar-refractivity contribution in [2.45, 2.75) is 32.4 Å². The molecule has 0 amide bonds. The van der Waals surface area contributed by atoms with Gasteiger partial charge >= 0.3 is 6.16 Å². The number of halogens is 1. The van der Waals surface area contributed by atoms with Crippen molar-refractivity contribution < 1.29 is 19.0 Å². The minimum absolute atomic E-state index is 0.125. The molecule has 144 valence electrons. The highest BCUT2D eigenvalue weighted by molar-refractivity contribution is 5.85. The average Bonchev–Trinajstić information content (AvgIpc) is 2.97. The lowest BCUT2D eigenvalue weighted by Crippen LogP contribution is -2.38. The number of fused-ring (bicyclic) bond motifs is 5. The van der Waals surface area contributed by atoms with Crippen LogP contribution < -0.4 is 15.1 Å². The van der Waals surface area contributed by atoms with E-state index in [2.05, 4.69) is 14.5 Å². The van der Waals surface area contributed by atoms with Crippen molar-refractivity contribution in [3.8, 4) is 5.75 Å². The molecule has 0 spiro atoms. The van der Waals surface area contributed by atoms with Crippen LogP contribution in [0.1, 0.15) is 19.8 Å². The first-order valence-electron chi connectivity index (χ1n) is 9.24. The third kappa shape index (κ3) is 3.14. The number of anilines is 1. The predicted octanol–water partition coefficient (Wildman–Crippen LogP) is 2.50. The molecule has 3 saturated heterocycles. The molecule has 0 aliphatic carbocycles. The third-order valence-electron chi connectivity index (χ3n) is 5.62. The summed E-state index contributed by atoms with van der Waals surface area (Å²) in [6.07, 6.45) is 1.81. The van der Waals surface area contributed by atoms with Gasteiger partial charge in [0.1, 0.15) is 5.82 Å². The second-order valence-corrected chi connectivity index (χ2v) is 7.06. The van der Waals surface area contributed by atoms with Gasteiger partial charge in [0.15, 0.2) is 5.75 Å². The van der Waals surface area contributed by atoms with E-state index in [0.29, 0.717) is 23.8 Å². The van der Waals surface area contributed by atoms with Crippen LogP contribution in [0.4, 0.5) is 14.9 Å². The lowest BCUT2D eigenvalue weighted by atomic mass is 10.0. The predicted molar refractivity (Wildman–Crippen MR) is 99.3 cm³/mol. The van der Waals surface area contributed by atoms with E-state index in [9.17, 15) is 9.59 Å². The number of ether oxygens (including phenoxy) is 1. The summed E-state index contributed by atoms with van der Waals surface area (Å²) in [4.78, 5) is 27.9. The first-order chi connectivity index (χ1) is 13.0. The lowest BCUT2D eigenvalue weighted by Gasteiger charge is -2.33. The normalized spacial score (nSPS) is 22.1. The SMILES string of the molecule is CCn1cc(OC(=O)O)c(=O)c2cc(F)c(N3CCN4CCC3CC4)cc21. The number of carbonyl (C=O) groups is 1. The standard InChI is InChI=1S/C19H22FN3O4/c1-2-22-11-17(27-19(25)26)18(24)13-9-14(20)16(10-15(13)22)23-8-7-21-5-3-12(23)4-6-21/h9-12H,2-8H2,1H3,(H,25,26). The topological polar surface area (TPSA) is 75.0 Å². The number of piperidine rings is 1. The summed E-state index contributed by atoms with van der Waals surface area (Å²) in [6, 6.07) is 3.23. The zero-order chi connectivity index (χ0) is 19.1. The number of benzene rings is 1. The molecular formula is C19H22FN3O4. The van der Waals surface area contributed by atoms with Gasteiger partial charge in [-0.1, -0.05) is 0 Å². The zero-order valence-corrected chi connectivity index (χ0v) is 15.2. The van der Waals surface area contributed by atoms with Gasteiger partial charge in [0.05, 0.1) is 22.8 Å². The number of rotatable bonds is 3. The Morgan fingerprint density at radius 3 is 2.67 bits per heavy atom. The molecule has 0 atom stereocenters. The van der Waals surface area contributed by atoms with E-state index < -0.39 is 17.4 Å². The Labute approximate surface area is 155 Å². The molecule has 3 aliphatic rings. The summed E-state index contributed by atoms with van der Waals surface area (Å²) in [6.45, 7) is 6.09. The van der Waals surface area contributed by atoms with Crippen LogP contribution in [0.3, 0.4) is 0 Å². The Balaban J connectivity index is 1.85. The van der Waals surface area contributed by atoms with E-state index in [1.54, 1.807) is 10.6 Å². The highest BCUT2D eigenvalue weighted by Crippen LogP contribution is 2.31. The largest absolute Gasteiger partial charge is 0.511 e. The second kappa shape index (κ2) is 6.84. The maximum Gasteiger partial charge on any atom is 0.511 e. The zero-order valence-electron chi connectivity index (χ0n) is 15.2. The number of carboxylic acid groups (broad SMARTS) is 1. The molecule has 1 N–H and O–H groups in total. The Hall–Kier alpha value is -2.61. The van der Waals surface area contributed by atoms with Crippen molar-refractivity contribution in [3.05, 3.63) is 34.4 Å². The van der Waals surface area contributed by atoms with Gasteiger partial charge < -0.3 is 24.2 Å². The lowest BCUT2D eigenvalue weighted by molar-refractivity contribution is 0.144. The van der Waals surface area contributed by atoms with Crippen molar-refractivity contribution in [3.63, 3.8) is 0 Å².